The van der Waals surface area contributed by atoms with E-state index < -0.39 is 23.9 Å². The Labute approximate surface area is 108 Å². The number of hydrogen-bond acceptors (Lipinski definition) is 5. The van der Waals surface area contributed by atoms with Crippen LogP contribution in [0.25, 0.3) is 0 Å². The molecule has 1 aromatic heterocycles. The van der Waals surface area contributed by atoms with E-state index in [1.165, 1.54) is 19.3 Å². The highest BCUT2D eigenvalue weighted by Crippen LogP contribution is 2.08. The first-order valence-electron chi connectivity index (χ1n) is 5.00. The third-order valence-electron chi connectivity index (χ3n) is 2.01. The maximum Gasteiger partial charge on any atom is 0.306 e. The predicted molar refractivity (Wildman–Crippen MR) is 62.3 cm³/mol. The lowest BCUT2D eigenvalue weighted by atomic mass is 10.0. The van der Waals surface area contributed by atoms with Gasteiger partial charge in [0.05, 0.1) is 24.4 Å². The summed E-state index contributed by atoms with van der Waals surface area (Å²) < 4.78 is 0. The van der Waals surface area contributed by atoms with Gasteiger partial charge in [0.15, 0.2) is 0 Å². The lowest BCUT2D eigenvalue weighted by Crippen LogP contribution is -2.42. The zero-order chi connectivity index (χ0) is 13.8. The van der Waals surface area contributed by atoms with Crippen LogP contribution >= 0.6 is 11.6 Å². The molecule has 0 fully saturated rings. The molecule has 0 saturated heterocycles. The van der Waals surface area contributed by atoms with Crippen LogP contribution in [0.1, 0.15) is 23.8 Å². The van der Waals surface area contributed by atoms with Gasteiger partial charge in [0, 0.05) is 6.54 Å². The molecule has 0 radical (unpaired) electrons. The Bertz CT molecular complexity index is 447. The number of rotatable bonds is 5. The topological polar surface area (TPSA) is 112 Å². The van der Waals surface area contributed by atoms with Gasteiger partial charge < -0.3 is 15.5 Å². The van der Waals surface area contributed by atoms with Gasteiger partial charge in [0.25, 0.3) is 5.91 Å². The third-order valence-corrected chi connectivity index (χ3v) is 2.21. The lowest BCUT2D eigenvalue weighted by Gasteiger charge is -2.21. The molecule has 18 heavy (non-hydrogen) atoms. The van der Waals surface area contributed by atoms with Crippen LogP contribution in [0, 0.1) is 0 Å². The zero-order valence-electron chi connectivity index (χ0n) is 9.55. The Morgan fingerprint density at radius 2 is 2.11 bits per heavy atom. The quantitative estimate of drug-likeness (QED) is 0.701. The van der Waals surface area contributed by atoms with Gasteiger partial charge in [-0.15, -0.1) is 0 Å². The van der Waals surface area contributed by atoms with Crippen molar-refractivity contribution >= 4 is 23.5 Å². The summed E-state index contributed by atoms with van der Waals surface area (Å²) in [5, 5.41) is 20.7. The number of carboxylic acids is 1. The molecule has 0 aliphatic carbocycles. The highest BCUT2D eigenvalue weighted by molar-refractivity contribution is 6.29. The molecule has 0 spiro atoms. The largest absolute Gasteiger partial charge is 0.481 e. The lowest BCUT2D eigenvalue weighted by molar-refractivity contribution is -0.141. The summed E-state index contributed by atoms with van der Waals surface area (Å²) in [6, 6.07) is 0. The van der Waals surface area contributed by atoms with Gasteiger partial charge in [0.1, 0.15) is 10.8 Å². The van der Waals surface area contributed by atoms with Crippen molar-refractivity contribution in [3.05, 3.63) is 23.2 Å². The van der Waals surface area contributed by atoms with E-state index in [-0.39, 0.29) is 17.4 Å². The highest BCUT2D eigenvalue weighted by Gasteiger charge is 2.25. The minimum atomic E-state index is -1.53. The molecule has 8 heteroatoms. The zero-order valence-corrected chi connectivity index (χ0v) is 10.3. The molecular weight excluding hydrogens is 262 g/mol. The molecule has 0 aliphatic heterocycles. The molecular formula is C10H12ClN3O4. The first kappa shape index (κ1) is 14.3. The van der Waals surface area contributed by atoms with Crippen LogP contribution in [0.3, 0.4) is 0 Å². The summed E-state index contributed by atoms with van der Waals surface area (Å²) in [6.07, 6.45) is 1.93. The molecule has 1 amide bonds. The van der Waals surface area contributed by atoms with Gasteiger partial charge >= 0.3 is 5.97 Å². The van der Waals surface area contributed by atoms with Gasteiger partial charge in [0.2, 0.25) is 0 Å². The maximum atomic E-state index is 11.6. The van der Waals surface area contributed by atoms with E-state index >= 15 is 0 Å². The van der Waals surface area contributed by atoms with Crippen molar-refractivity contribution in [2.75, 3.05) is 6.54 Å². The Morgan fingerprint density at radius 1 is 1.44 bits per heavy atom. The minimum absolute atomic E-state index is 0.0329. The molecule has 0 aliphatic rings. The summed E-state index contributed by atoms with van der Waals surface area (Å²) in [7, 11) is 0. The van der Waals surface area contributed by atoms with Crippen molar-refractivity contribution in [3.8, 4) is 0 Å². The SMILES string of the molecule is CC(O)(CNC(=O)c1cnc(Cl)cn1)CC(=O)O. The summed E-state index contributed by atoms with van der Waals surface area (Å²) in [4.78, 5) is 29.4. The standard InChI is InChI=1S/C10H12ClN3O4/c1-10(18,2-8(15)16)5-14-9(17)6-3-13-7(11)4-12-6/h3-4,18H,2,5H2,1H3,(H,14,17)(H,15,16). The summed E-state index contributed by atoms with van der Waals surface area (Å²) in [6.45, 7) is 1.11. The molecule has 98 valence electrons. The summed E-state index contributed by atoms with van der Waals surface area (Å²) >= 11 is 5.51. The minimum Gasteiger partial charge on any atom is -0.481 e. The van der Waals surface area contributed by atoms with Gasteiger partial charge in [-0.3, -0.25) is 9.59 Å². The molecule has 0 saturated carbocycles. The molecule has 1 unspecified atom stereocenters. The second-order valence-corrected chi connectivity index (χ2v) is 4.36. The van der Waals surface area contributed by atoms with E-state index in [4.69, 9.17) is 16.7 Å². The first-order chi connectivity index (χ1) is 8.30. The van der Waals surface area contributed by atoms with Crippen molar-refractivity contribution in [2.24, 2.45) is 0 Å². The monoisotopic (exact) mass is 273 g/mol. The van der Waals surface area contributed by atoms with Crippen LogP contribution in [0.2, 0.25) is 5.15 Å². The molecule has 3 N–H and O–H groups in total. The molecule has 1 heterocycles. The fraction of sp³-hybridized carbons (Fsp3) is 0.400. The van der Waals surface area contributed by atoms with E-state index in [1.54, 1.807) is 0 Å². The number of halogens is 1. The molecule has 0 bridgehead atoms. The first-order valence-corrected chi connectivity index (χ1v) is 5.38. The number of aliphatic hydroxyl groups is 1. The Hall–Kier alpha value is -1.73. The van der Waals surface area contributed by atoms with Crippen molar-refractivity contribution in [1.29, 1.82) is 0 Å². The number of nitrogens with zero attached hydrogens (tertiary/aromatic N) is 2. The van der Waals surface area contributed by atoms with Gasteiger partial charge in [-0.2, -0.15) is 0 Å². The number of carboxylic acid groups (broad SMARTS) is 1. The van der Waals surface area contributed by atoms with Gasteiger partial charge in [-0.05, 0) is 6.92 Å². The number of carbonyl (C=O) groups excluding carboxylic acids is 1. The Morgan fingerprint density at radius 3 is 2.61 bits per heavy atom. The number of aliphatic carboxylic acids is 1. The van der Waals surface area contributed by atoms with Crippen molar-refractivity contribution in [2.45, 2.75) is 18.9 Å². The number of nitrogens with one attached hydrogen (secondary N) is 1. The Kier molecular flexibility index (Phi) is 4.57. The molecule has 1 rings (SSSR count). The van der Waals surface area contributed by atoms with Crippen molar-refractivity contribution in [1.82, 2.24) is 15.3 Å². The average Bonchev–Trinajstić information content (AvgIpc) is 2.25. The smallest absolute Gasteiger partial charge is 0.306 e. The van der Waals surface area contributed by atoms with Crippen LogP contribution in [0.5, 0.6) is 0 Å². The van der Waals surface area contributed by atoms with Crippen LogP contribution in [-0.2, 0) is 4.79 Å². The molecule has 7 nitrogen and oxygen atoms in total. The summed E-state index contributed by atoms with van der Waals surface area (Å²) in [5.74, 6) is -1.72. The summed E-state index contributed by atoms with van der Waals surface area (Å²) in [5.41, 5.74) is -1.49. The fourth-order valence-corrected chi connectivity index (χ4v) is 1.28. The maximum absolute atomic E-state index is 11.6. The molecule has 1 aromatic rings. The van der Waals surface area contributed by atoms with E-state index in [2.05, 4.69) is 15.3 Å². The normalized spacial score (nSPS) is 13.7. The average molecular weight is 274 g/mol. The van der Waals surface area contributed by atoms with Gasteiger partial charge in [-0.25, -0.2) is 9.97 Å². The Balaban J connectivity index is 2.55. The van der Waals surface area contributed by atoms with Crippen LogP contribution in [0.15, 0.2) is 12.4 Å². The third kappa shape index (κ3) is 4.64. The second-order valence-electron chi connectivity index (χ2n) is 3.97. The van der Waals surface area contributed by atoms with E-state index in [9.17, 15) is 14.7 Å². The molecule has 0 aromatic carbocycles. The number of carbonyl (C=O) groups is 2. The second kappa shape index (κ2) is 5.74. The fourth-order valence-electron chi connectivity index (χ4n) is 1.18. The van der Waals surface area contributed by atoms with Crippen LogP contribution < -0.4 is 5.32 Å². The van der Waals surface area contributed by atoms with Crippen molar-refractivity contribution in [3.63, 3.8) is 0 Å². The highest BCUT2D eigenvalue weighted by atomic mass is 35.5. The van der Waals surface area contributed by atoms with Gasteiger partial charge in [-0.1, -0.05) is 11.6 Å². The van der Waals surface area contributed by atoms with E-state index in [1.807, 2.05) is 0 Å². The predicted octanol–water partition coefficient (Wildman–Crippen LogP) is 0.0855. The van der Waals surface area contributed by atoms with Crippen molar-refractivity contribution < 1.29 is 19.8 Å². The number of hydrogen-bond donors (Lipinski definition) is 3. The number of aromatic nitrogens is 2. The van der Waals surface area contributed by atoms with Crippen LogP contribution in [-0.4, -0.2) is 44.2 Å². The van der Waals surface area contributed by atoms with E-state index in [0.717, 1.165) is 0 Å². The number of amides is 1. The molecule has 1 atom stereocenters. The van der Waals surface area contributed by atoms with Crippen LogP contribution in [0.4, 0.5) is 0 Å². The van der Waals surface area contributed by atoms with E-state index in [0.29, 0.717) is 0 Å².